The molecule has 0 radical (unpaired) electrons. The van der Waals surface area contributed by atoms with E-state index >= 15 is 0 Å². The van der Waals surface area contributed by atoms with Crippen molar-refractivity contribution in [2.45, 2.75) is 0 Å². The van der Waals surface area contributed by atoms with Gasteiger partial charge in [-0.25, -0.2) is 4.39 Å². The Bertz CT molecular complexity index is 354. The molecular weight excluding hydrogens is 181 g/mol. The predicted octanol–water partition coefficient (Wildman–Crippen LogP) is 3.03. The van der Waals surface area contributed by atoms with E-state index in [-0.39, 0.29) is 11.1 Å². The first kappa shape index (κ1) is 9.51. The van der Waals surface area contributed by atoms with Crippen LogP contribution in [0.15, 0.2) is 30.3 Å². The van der Waals surface area contributed by atoms with Gasteiger partial charge in [-0.1, -0.05) is 18.2 Å². The molecule has 0 aromatic heterocycles. The third kappa shape index (κ3) is 2.18. The number of hydrogen-bond donors (Lipinski definition) is 0. The van der Waals surface area contributed by atoms with Crippen LogP contribution in [0.2, 0.25) is 0 Å². The molecule has 13 heavy (non-hydrogen) atoms. The Kier molecular flexibility index (Phi) is 2.84. The first-order chi connectivity index (χ1) is 6.15. The van der Waals surface area contributed by atoms with Crippen LogP contribution in [0.3, 0.4) is 0 Å². The average Bonchev–Trinajstić information content (AvgIpc) is 2.16. The fourth-order valence-electron chi connectivity index (χ4n) is 0.858. The molecule has 0 fully saturated rings. The van der Waals surface area contributed by atoms with Gasteiger partial charge < -0.3 is 0 Å². The SMILES string of the molecule is O=Cc1cccc(C(F)=C(F)F)c1. The summed E-state index contributed by atoms with van der Waals surface area (Å²) in [5.74, 6) is -1.59. The second-order valence-electron chi connectivity index (χ2n) is 2.32. The monoisotopic (exact) mass is 186 g/mol. The fraction of sp³-hybridized carbons (Fsp3) is 0. The van der Waals surface area contributed by atoms with Gasteiger partial charge in [0.15, 0.2) is 5.83 Å². The predicted molar refractivity (Wildman–Crippen MR) is 42.1 cm³/mol. The van der Waals surface area contributed by atoms with Gasteiger partial charge in [-0.15, -0.1) is 0 Å². The van der Waals surface area contributed by atoms with E-state index in [1.807, 2.05) is 0 Å². The molecule has 0 N–H and O–H groups in total. The summed E-state index contributed by atoms with van der Waals surface area (Å²) in [6.07, 6.45) is -1.92. The van der Waals surface area contributed by atoms with E-state index in [0.29, 0.717) is 6.29 Å². The third-order valence-electron chi connectivity index (χ3n) is 1.44. The van der Waals surface area contributed by atoms with E-state index in [0.717, 1.165) is 6.07 Å². The van der Waals surface area contributed by atoms with Crippen LogP contribution < -0.4 is 0 Å². The summed E-state index contributed by atoms with van der Waals surface area (Å²) < 4.78 is 36.1. The van der Waals surface area contributed by atoms with Crippen molar-refractivity contribution in [3.8, 4) is 0 Å². The molecule has 0 spiro atoms. The summed E-state index contributed by atoms with van der Waals surface area (Å²) in [5, 5.41) is 0. The van der Waals surface area contributed by atoms with Crippen molar-refractivity contribution in [2.24, 2.45) is 0 Å². The normalized spacial score (nSPS) is 9.46. The van der Waals surface area contributed by atoms with Crippen LogP contribution in [0.25, 0.3) is 5.83 Å². The van der Waals surface area contributed by atoms with E-state index in [1.54, 1.807) is 0 Å². The quantitative estimate of drug-likeness (QED) is 0.649. The minimum absolute atomic E-state index is 0.161. The van der Waals surface area contributed by atoms with Crippen molar-refractivity contribution in [2.75, 3.05) is 0 Å². The first-order valence-corrected chi connectivity index (χ1v) is 3.41. The number of rotatable bonds is 2. The Morgan fingerprint density at radius 1 is 1.23 bits per heavy atom. The Hall–Kier alpha value is -1.58. The van der Waals surface area contributed by atoms with Gasteiger partial charge >= 0.3 is 6.08 Å². The van der Waals surface area contributed by atoms with Gasteiger partial charge in [0.25, 0.3) is 0 Å². The molecule has 0 bridgehead atoms. The standard InChI is InChI=1S/C9H5F3O/c10-8(9(11)12)7-3-1-2-6(4-7)5-13/h1-5H. The Morgan fingerprint density at radius 2 is 1.92 bits per heavy atom. The molecule has 0 unspecified atom stereocenters. The number of hydrogen-bond acceptors (Lipinski definition) is 1. The van der Waals surface area contributed by atoms with Gasteiger partial charge in [-0.2, -0.15) is 8.78 Å². The lowest BCUT2D eigenvalue weighted by atomic mass is 10.1. The topological polar surface area (TPSA) is 17.1 Å². The maximum Gasteiger partial charge on any atom is 0.306 e. The number of carbonyl (C=O) groups is 1. The first-order valence-electron chi connectivity index (χ1n) is 3.41. The minimum Gasteiger partial charge on any atom is -0.298 e. The van der Waals surface area contributed by atoms with Gasteiger partial charge in [0, 0.05) is 11.1 Å². The lowest BCUT2D eigenvalue weighted by Crippen LogP contribution is -1.83. The van der Waals surface area contributed by atoms with Crippen molar-refractivity contribution in [3.63, 3.8) is 0 Å². The van der Waals surface area contributed by atoms with Crippen LogP contribution in [0.1, 0.15) is 15.9 Å². The van der Waals surface area contributed by atoms with E-state index in [4.69, 9.17) is 0 Å². The molecule has 0 amide bonds. The summed E-state index contributed by atoms with van der Waals surface area (Å²) in [5.41, 5.74) is -0.126. The van der Waals surface area contributed by atoms with Crippen LogP contribution in [0.5, 0.6) is 0 Å². The van der Waals surface area contributed by atoms with Crippen molar-refractivity contribution in [3.05, 3.63) is 41.5 Å². The number of aldehydes is 1. The molecule has 0 aliphatic heterocycles. The van der Waals surface area contributed by atoms with Crippen LogP contribution >= 0.6 is 0 Å². The molecule has 0 saturated heterocycles. The highest BCUT2D eigenvalue weighted by Crippen LogP contribution is 2.22. The summed E-state index contributed by atoms with van der Waals surface area (Å²) in [6, 6.07) is 4.96. The second-order valence-corrected chi connectivity index (χ2v) is 2.32. The zero-order valence-electron chi connectivity index (χ0n) is 6.43. The third-order valence-corrected chi connectivity index (χ3v) is 1.44. The molecule has 1 nitrogen and oxygen atoms in total. The molecular formula is C9H5F3O. The lowest BCUT2D eigenvalue weighted by molar-refractivity contribution is 0.112. The van der Waals surface area contributed by atoms with Crippen LogP contribution in [0, 0.1) is 0 Å². The van der Waals surface area contributed by atoms with E-state index < -0.39 is 11.9 Å². The maximum atomic E-state index is 12.6. The Balaban J connectivity index is 3.16. The molecule has 4 heteroatoms. The lowest BCUT2D eigenvalue weighted by Gasteiger charge is -1.96. The maximum absolute atomic E-state index is 12.6. The second kappa shape index (κ2) is 3.89. The van der Waals surface area contributed by atoms with Crippen molar-refractivity contribution in [1.29, 1.82) is 0 Å². The summed E-state index contributed by atoms with van der Waals surface area (Å²) in [6.45, 7) is 0. The van der Waals surface area contributed by atoms with Crippen LogP contribution in [-0.2, 0) is 0 Å². The molecule has 0 aliphatic carbocycles. The number of benzene rings is 1. The zero-order valence-corrected chi connectivity index (χ0v) is 6.43. The highest BCUT2D eigenvalue weighted by Gasteiger charge is 2.08. The zero-order chi connectivity index (χ0) is 9.84. The molecule has 0 atom stereocenters. The summed E-state index contributed by atoms with van der Waals surface area (Å²) in [7, 11) is 0. The Labute approximate surface area is 72.5 Å². The largest absolute Gasteiger partial charge is 0.306 e. The number of carbonyl (C=O) groups excluding carboxylic acids is 1. The summed E-state index contributed by atoms with van der Waals surface area (Å²) >= 11 is 0. The summed E-state index contributed by atoms with van der Waals surface area (Å²) in [4.78, 5) is 10.2. The van der Waals surface area contributed by atoms with Gasteiger partial charge in [-0.3, -0.25) is 4.79 Å². The highest BCUT2D eigenvalue weighted by atomic mass is 19.3. The highest BCUT2D eigenvalue weighted by molar-refractivity contribution is 5.77. The van der Waals surface area contributed by atoms with Crippen LogP contribution in [-0.4, -0.2) is 6.29 Å². The van der Waals surface area contributed by atoms with Gasteiger partial charge in [0.2, 0.25) is 0 Å². The molecule has 1 aromatic rings. The average molecular weight is 186 g/mol. The van der Waals surface area contributed by atoms with Gasteiger partial charge in [0.1, 0.15) is 6.29 Å². The smallest absolute Gasteiger partial charge is 0.298 e. The molecule has 0 aliphatic rings. The molecule has 68 valence electrons. The minimum atomic E-state index is -2.39. The Morgan fingerprint density at radius 3 is 2.46 bits per heavy atom. The van der Waals surface area contributed by atoms with Crippen LogP contribution in [0.4, 0.5) is 13.2 Å². The van der Waals surface area contributed by atoms with Crippen molar-refractivity contribution < 1.29 is 18.0 Å². The van der Waals surface area contributed by atoms with Gasteiger partial charge in [0.05, 0.1) is 0 Å². The van der Waals surface area contributed by atoms with E-state index in [2.05, 4.69) is 0 Å². The van der Waals surface area contributed by atoms with Gasteiger partial charge in [-0.05, 0) is 6.07 Å². The fourth-order valence-corrected chi connectivity index (χ4v) is 0.858. The van der Waals surface area contributed by atoms with Crippen molar-refractivity contribution >= 4 is 12.1 Å². The molecule has 0 heterocycles. The molecule has 0 saturated carbocycles. The van der Waals surface area contributed by atoms with Crippen molar-refractivity contribution in [1.82, 2.24) is 0 Å². The number of halogens is 3. The van der Waals surface area contributed by atoms with E-state index in [9.17, 15) is 18.0 Å². The van der Waals surface area contributed by atoms with E-state index in [1.165, 1.54) is 18.2 Å². The molecule has 1 aromatic carbocycles. The molecule has 1 rings (SSSR count).